The third kappa shape index (κ3) is 5.52. The Kier molecular flexibility index (Phi) is 6.16. The predicted molar refractivity (Wildman–Crippen MR) is 75.7 cm³/mol. The molecule has 1 rings (SSSR count). The van der Waals surface area contributed by atoms with Gasteiger partial charge < -0.3 is 10.6 Å². The first kappa shape index (κ1) is 15.0. The lowest BCUT2D eigenvalue weighted by Gasteiger charge is -2.14. The van der Waals surface area contributed by atoms with Crippen LogP contribution in [0.3, 0.4) is 0 Å². The van der Waals surface area contributed by atoms with Crippen molar-refractivity contribution in [1.82, 2.24) is 10.6 Å². The van der Waals surface area contributed by atoms with Crippen LogP contribution >= 0.6 is 11.6 Å². The van der Waals surface area contributed by atoms with Crippen LogP contribution in [-0.4, -0.2) is 19.0 Å². The maximum Gasteiger partial charge on any atom is 0.233 e. The second-order valence-electron chi connectivity index (χ2n) is 4.85. The fourth-order valence-corrected chi connectivity index (χ4v) is 1.62. The molecule has 1 aromatic rings. The highest BCUT2D eigenvalue weighted by atomic mass is 35.5. The van der Waals surface area contributed by atoms with Gasteiger partial charge in [-0.1, -0.05) is 37.6 Å². The van der Waals surface area contributed by atoms with Gasteiger partial charge in [-0.3, -0.25) is 4.79 Å². The molecule has 1 unspecified atom stereocenters. The van der Waals surface area contributed by atoms with Gasteiger partial charge in [0, 0.05) is 17.6 Å². The highest BCUT2D eigenvalue weighted by Crippen LogP contribution is 2.15. The number of carbonyl (C=O) groups is 1. The molecule has 100 valence electrons. The fourth-order valence-electron chi connectivity index (χ4n) is 1.50. The number of hydrogen-bond acceptors (Lipinski definition) is 2. The average Bonchev–Trinajstić information content (AvgIpc) is 2.34. The summed E-state index contributed by atoms with van der Waals surface area (Å²) in [7, 11) is 0. The van der Waals surface area contributed by atoms with Crippen molar-refractivity contribution >= 4 is 17.5 Å². The highest BCUT2D eigenvalue weighted by molar-refractivity contribution is 6.30. The second kappa shape index (κ2) is 7.39. The number of benzene rings is 1. The molecule has 4 heteroatoms. The molecule has 0 aliphatic carbocycles. The van der Waals surface area contributed by atoms with Gasteiger partial charge in [-0.2, -0.15) is 0 Å². The third-order valence-corrected chi connectivity index (χ3v) is 2.90. The fraction of sp³-hybridized carbons (Fsp3) is 0.500. The molecular weight excluding hydrogens is 248 g/mol. The summed E-state index contributed by atoms with van der Waals surface area (Å²) in [6, 6.07) is 7.77. The van der Waals surface area contributed by atoms with Crippen molar-refractivity contribution in [1.29, 1.82) is 0 Å². The maximum atomic E-state index is 11.5. The molecule has 0 heterocycles. The molecule has 0 spiro atoms. The van der Waals surface area contributed by atoms with E-state index >= 15 is 0 Å². The maximum absolute atomic E-state index is 11.5. The predicted octanol–water partition coefficient (Wildman–Crippen LogP) is 2.76. The number of amides is 1. The zero-order valence-electron chi connectivity index (χ0n) is 11.2. The Balaban J connectivity index is 2.34. The van der Waals surface area contributed by atoms with Gasteiger partial charge >= 0.3 is 0 Å². The van der Waals surface area contributed by atoms with Gasteiger partial charge in [0.1, 0.15) is 0 Å². The average molecular weight is 269 g/mol. The molecule has 0 radical (unpaired) electrons. The van der Waals surface area contributed by atoms with E-state index in [1.807, 2.05) is 31.2 Å². The van der Waals surface area contributed by atoms with Crippen LogP contribution in [0.2, 0.25) is 5.02 Å². The number of carbonyl (C=O) groups excluding carboxylic acids is 1. The molecule has 0 aliphatic rings. The molecule has 0 fully saturated rings. The van der Waals surface area contributed by atoms with Crippen molar-refractivity contribution in [3.05, 3.63) is 34.9 Å². The Hall–Kier alpha value is -1.06. The van der Waals surface area contributed by atoms with Crippen LogP contribution in [0.1, 0.15) is 32.4 Å². The minimum Gasteiger partial charge on any atom is -0.355 e. The van der Waals surface area contributed by atoms with E-state index in [4.69, 9.17) is 11.6 Å². The summed E-state index contributed by atoms with van der Waals surface area (Å²) in [5.41, 5.74) is 1.12. The zero-order chi connectivity index (χ0) is 13.5. The Morgan fingerprint density at radius 3 is 2.39 bits per heavy atom. The summed E-state index contributed by atoms with van der Waals surface area (Å²) < 4.78 is 0. The summed E-state index contributed by atoms with van der Waals surface area (Å²) in [6.07, 6.45) is 0. The third-order valence-electron chi connectivity index (χ3n) is 2.65. The van der Waals surface area contributed by atoms with E-state index in [1.165, 1.54) is 0 Å². The lowest BCUT2D eigenvalue weighted by atomic mass is 10.1. The van der Waals surface area contributed by atoms with Gasteiger partial charge in [0.25, 0.3) is 0 Å². The molecule has 0 saturated carbocycles. The van der Waals surface area contributed by atoms with Crippen LogP contribution in [0.15, 0.2) is 24.3 Å². The van der Waals surface area contributed by atoms with E-state index in [2.05, 4.69) is 24.5 Å². The van der Waals surface area contributed by atoms with E-state index in [0.717, 1.165) is 17.1 Å². The summed E-state index contributed by atoms with van der Waals surface area (Å²) >= 11 is 5.83. The molecule has 0 aromatic heterocycles. The molecule has 3 nitrogen and oxygen atoms in total. The Labute approximate surface area is 114 Å². The minimum atomic E-state index is 0.0320. The summed E-state index contributed by atoms with van der Waals surface area (Å²) in [6.45, 7) is 7.22. The van der Waals surface area contributed by atoms with Crippen LogP contribution in [-0.2, 0) is 4.79 Å². The van der Waals surface area contributed by atoms with E-state index < -0.39 is 0 Å². The standard InChI is InChI=1S/C14H21ClN2O/c1-10(2)8-17-14(18)9-16-11(3)12-4-6-13(15)7-5-12/h4-7,10-11,16H,8-9H2,1-3H3,(H,17,18). The number of halogens is 1. The molecule has 2 N–H and O–H groups in total. The largest absolute Gasteiger partial charge is 0.355 e. The van der Waals surface area contributed by atoms with Crippen LogP contribution in [0, 0.1) is 5.92 Å². The normalized spacial score (nSPS) is 12.5. The van der Waals surface area contributed by atoms with Gasteiger partial charge in [-0.05, 0) is 30.5 Å². The lowest BCUT2D eigenvalue weighted by Crippen LogP contribution is -2.36. The minimum absolute atomic E-state index is 0.0320. The molecule has 0 saturated heterocycles. The van der Waals surface area contributed by atoms with Crippen LogP contribution in [0.25, 0.3) is 0 Å². The molecule has 1 amide bonds. The van der Waals surface area contributed by atoms with E-state index in [-0.39, 0.29) is 11.9 Å². The number of hydrogen-bond donors (Lipinski definition) is 2. The van der Waals surface area contributed by atoms with E-state index in [9.17, 15) is 4.79 Å². The second-order valence-corrected chi connectivity index (χ2v) is 5.29. The van der Waals surface area contributed by atoms with E-state index in [0.29, 0.717) is 12.5 Å². The first-order chi connectivity index (χ1) is 8.49. The van der Waals surface area contributed by atoms with Crippen molar-refractivity contribution in [2.75, 3.05) is 13.1 Å². The van der Waals surface area contributed by atoms with Crippen molar-refractivity contribution in [2.24, 2.45) is 5.92 Å². The Bertz CT molecular complexity index is 376. The summed E-state index contributed by atoms with van der Waals surface area (Å²) in [4.78, 5) is 11.5. The molecule has 1 aromatic carbocycles. The van der Waals surface area contributed by atoms with Crippen molar-refractivity contribution in [3.63, 3.8) is 0 Å². The Morgan fingerprint density at radius 1 is 1.22 bits per heavy atom. The lowest BCUT2D eigenvalue weighted by molar-refractivity contribution is -0.120. The van der Waals surface area contributed by atoms with Gasteiger partial charge in [0.2, 0.25) is 5.91 Å². The van der Waals surface area contributed by atoms with Crippen LogP contribution < -0.4 is 10.6 Å². The number of rotatable bonds is 6. The van der Waals surface area contributed by atoms with Gasteiger partial charge in [0.05, 0.1) is 6.54 Å². The monoisotopic (exact) mass is 268 g/mol. The van der Waals surface area contributed by atoms with Crippen LogP contribution in [0.5, 0.6) is 0 Å². The summed E-state index contributed by atoms with van der Waals surface area (Å²) in [5, 5.41) is 6.79. The van der Waals surface area contributed by atoms with Crippen molar-refractivity contribution in [2.45, 2.75) is 26.8 Å². The number of nitrogens with one attached hydrogen (secondary N) is 2. The smallest absolute Gasteiger partial charge is 0.233 e. The van der Waals surface area contributed by atoms with Gasteiger partial charge in [0.15, 0.2) is 0 Å². The molecule has 18 heavy (non-hydrogen) atoms. The molecule has 0 bridgehead atoms. The Morgan fingerprint density at radius 2 is 1.83 bits per heavy atom. The first-order valence-electron chi connectivity index (χ1n) is 6.24. The molecule has 1 atom stereocenters. The summed E-state index contributed by atoms with van der Waals surface area (Å²) in [5.74, 6) is 0.507. The first-order valence-corrected chi connectivity index (χ1v) is 6.62. The molecule has 0 aliphatic heterocycles. The van der Waals surface area contributed by atoms with Gasteiger partial charge in [-0.25, -0.2) is 0 Å². The van der Waals surface area contributed by atoms with Crippen LogP contribution in [0.4, 0.5) is 0 Å². The zero-order valence-corrected chi connectivity index (χ0v) is 11.9. The SMILES string of the molecule is CC(C)CNC(=O)CNC(C)c1ccc(Cl)cc1. The van der Waals surface area contributed by atoms with E-state index in [1.54, 1.807) is 0 Å². The quantitative estimate of drug-likeness (QED) is 0.833. The van der Waals surface area contributed by atoms with Crippen molar-refractivity contribution in [3.8, 4) is 0 Å². The molecular formula is C14H21ClN2O. The van der Waals surface area contributed by atoms with Gasteiger partial charge in [-0.15, -0.1) is 0 Å². The highest BCUT2D eigenvalue weighted by Gasteiger charge is 2.07. The van der Waals surface area contributed by atoms with Crippen molar-refractivity contribution < 1.29 is 4.79 Å². The topological polar surface area (TPSA) is 41.1 Å².